The van der Waals surface area contributed by atoms with Gasteiger partial charge in [0.05, 0.1) is 5.38 Å². The molecule has 1 aliphatic heterocycles. The monoisotopic (exact) mass is 325 g/mol. The molecule has 0 aromatic carbocycles. The Kier molecular flexibility index (Phi) is 2.87. The highest BCUT2D eigenvalue weighted by molar-refractivity contribution is 7.03. The van der Waals surface area contributed by atoms with Gasteiger partial charge in [-0.1, -0.05) is 20.0 Å². The summed E-state index contributed by atoms with van der Waals surface area (Å²) < 4.78 is 3.95. The van der Waals surface area contributed by atoms with Crippen LogP contribution >= 0.6 is 23.1 Å². The fourth-order valence-electron chi connectivity index (χ4n) is 3.64. The molecule has 1 amide bonds. The van der Waals surface area contributed by atoms with Gasteiger partial charge in [0.25, 0.3) is 5.69 Å². The molecule has 3 atom stereocenters. The summed E-state index contributed by atoms with van der Waals surface area (Å²) >= 11 is 7.94. The Morgan fingerprint density at radius 3 is 2.95 bits per heavy atom. The molecular formula is C14H18ClN4OS+. The van der Waals surface area contributed by atoms with E-state index < -0.39 is 5.54 Å². The topological polar surface area (TPSA) is 49.6 Å². The Labute approximate surface area is 132 Å². The van der Waals surface area contributed by atoms with E-state index in [1.165, 1.54) is 0 Å². The van der Waals surface area contributed by atoms with Gasteiger partial charge in [-0.05, 0) is 38.8 Å². The third-order valence-corrected chi connectivity index (χ3v) is 5.70. The lowest BCUT2D eigenvalue weighted by Gasteiger charge is -2.22. The average molecular weight is 326 g/mol. The van der Waals surface area contributed by atoms with Crippen molar-refractivity contribution in [3.05, 3.63) is 28.5 Å². The van der Waals surface area contributed by atoms with E-state index in [9.17, 15) is 4.79 Å². The van der Waals surface area contributed by atoms with Crippen LogP contribution in [0.2, 0.25) is 5.02 Å². The maximum atomic E-state index is 12.5. The minimum Gasteiger partial charge on any atom is -0.341 e. The van der Waals surface area contributed by atoms with Gasteiger partial charge in [-0.15, -0.1) is 0 Å². The molecule has 1 unspecified atom stereocenters. The van der Waals surface area contributed by atoms with Crippen LogP contribution < -0.4 is 15.1 Å². The summed E-state index contributed by atoms with van der Waals surface area (Å²) in [5.41, 5.74) is 0.418. The second-order valence-electron chi connectivity index (χ2n) is 6.49. The fraction of sp³-hybridized carbons (Fsp3) is 0.571. The SMILES string of the molecule is CC(C)(NC(=O)C1[C@H]2CNC[C@@H]12)c1c(Cl)cn2scc[n+]12. The number of fused-ring (bicyclic) bond motifs is 2. The van der Waals surface area contributed by atoms with Crippen molar-refractivity contribution in [2.45, 2.75) is 19.4 Å². The van der Waals surface area contributed by atoms with Crippen molar-refractivity contribution in [1.29, 1.82) is 0 Å². The number of hydrogen-bond acceptors (Lipinski definition) is 3. The molecule has 2 aliphatic rings. The quantitative estimate of drug-likeness (QED) is 0.829. The van der Waals surface area contributed by atoms with Crippen molar-refractivity contribution >= 4 is 29.0 Å². The summed E-state index contributed by atoms with van der Waals surface area (Å²) in [6.07, 6.45) is 3.85. The van der Waals surface area contributed by atoms with E-state index in [2.05, 4.69) is 10.6 Å². The van der Waals surface area contributed by atoms with Gasteiger partial charge in [0, 0.05) is 17.5 Å². The van der Waals surface area contributed by atoms with Crippen molar-refractivity contribution in [2.24, 2.45) is 17.8 Å². The lowest BCUT2D eigenvalue weighted by Crippen LogP contribution is -2.48. The number of carbonyl (C=O) groups is 1. The van der Waals surface area contributed by atoms with Gasteiger partial charge >= 0.3 is 0 Å². The molecule has 0 bridgehead atoms. The molecule has 2 fully saturated rings. The highest BCUT2D eigenvalue weighted by atomic mass is 35.5. The number of nitrogens with zero attached hydrogens (tertiary/aromatic N) is 2. The maximum absolute atomic E-state index is 12.5. The molecule has 7 heteroatoms. The zero-order valence-electron chi connectivity index (χ0n) is 12.0. The number of nitrogens with one attached hydrogen (secondary N) is 2. The zero-order valence-corrected chi connectivity index (χ0v) is 13.5. The second-order valence-corrected chi connectivity index (χ2v) is 7.75. The average Bonchev–Trinajstić information content (AvgIpc) is 2.77. The lowest BCUT2D eigenvalue weighted by atomic mass is 10.00. The van der Waals surface area contributed by atoms with Crippen LogP contribution in [0, 0.1) is 17.8 Å². The Bertz CT molecular complexity index is 712. The van der Waals surface area contributed by atoms with Gasteiger partial charge in [0.2, 0.25) is 12.1 Å². The molecule has 5 nitrogen and oxygen atoms in total. The van der Waals surface area contributed by atoms with Crippen molar-refractivity contribution in [3.63, 3.8) is 0 Å². The highest BCUT2D eigenvalue weighted by Crippen LogP contribution is 2.49. The van der Waals surface area contributed by atoms with Gasteiger partial charge in [-0.2, -0.15) is 0 Å². The molecule has 0 spiro atoms. The van der Waals surface area contributed by atoms with E-state index in [1.807, 2.05) is 40.0 Å². The van der Waals surface area contributed by atoms with E-state index in [0.29, 0.717) is 16.9 Å². The number of piperidine rings is 1. The number of amides is 1. The molecule has 1 aliphatic carbocycles. The third-order valence-electron chi connectivity index (χ3n) is 4.68. The normalized spacial score (nSPS) is 27.9. The van der Waals surface area contributed by atoms with Crippen molar-refractivity contribution in [3.8, 4) is 0 Å². The van der Waals surface area contributed by atoms with Crippen LogP contribution in [0.1, 0.15) is 19.5 Å². The minimum atomic E-state index is -0.501. The Hall–Kier alpha value is -1.11. The number of rotatable bonds is 3. The Morgan fingerprint density at radius 2 is 2.24 bits per heavy atom. The fourth-order valence-corrected chi connectivity index (χ4v) is 4.81. The van der Waals surface area contributed by atoms with Gasteiger partial charge in [0.1, 0.15) is 16.8 Å². The summed E-state index contributed by atoms with van der Waals surface area (Å²) in [7, 11) is 0. The van der Waals surface area contributed by atoms with E-state index in [0.717, 1.165) is 18.8 Å². The van der Waals surface area contributed by atoms with Gasteiger partial charge in [-0.3, -0.25) is 4.79 Å². The Balaban J connectivity index is 1.59. The zero-order chi connectivity index (χ0) is 14.8. The molecule has 0 radical (unpaired) electrons. The summed E-state index contributed by atoms with van der Waals surface area (Å²) in [6, 6.07) is 0. The smallest absolute Gasteiger partial charge is 0.258 e. The van der Waals surface area contributed by atoms with Gasteiger partial charge in [-0.25, -0.2) is 0 Å². The number of hydrogen-bond donors (Lipinski definition) is 2. The van der Waals surface area contributed by atoms with Crippen LogP contribution in [-0.2, 0) is 10.3 Å². The first-order valence-corrected chi connectivity index (χ1v) is 8.40. The maximum Gasteiger partial charge on any atom is 0.258 e. The molecule has 1 saturated heterocycles. The molecule has 3 heterocycles. The largest absolute Gasteiger partial charge is 0.341 e. The van der Waals surface area contributed by atoms with Crippen LogP contribution in [0.3, 0.4) is 0 Å². The van der Waals surface area contributed by atoms with Crippen LogP contribution in [0.15, 0.2) is 17.8 Å². The molecule has 2 aromatic rings. The van der Waals surface area contributed by atoms with Crippen molar-refractivity contribution < 1.29 is 9.31 Å². The first-order valence-electron chi connectivity index (χ1n) is 7.19. The second kappa shape index (κ2) is 4.44. The molecule has 4 rings (SSSR count). The number of halogens is 1. The van der Waals surface area contributed by atoms with Gasteiger partial charge < -0.3 is 10.6 Å². The predicted octanol–water partition coefficient (Wildman–Crippen LogP) is 1.06. The molecule has 1 saturated carbocycles. The first kappa shape index (κ1) is 13.5. The number of aromatic nitrogens is 2. The molecular weight excluding hydrogens is 308 g/mol. The third kappa shape index (κ3) is 2.00. The summed E-state index contributed by atoms with van der Waals surface area (Å²) in [6.45, 7) is 5.96. The molecule has 2 N–H and O–H groups in total. The number of carbonyl (C=O) groups excluding carboxylic acids is 1. The Morgan fingerprint density at radius 1 is 1.52 bits per heavy atom. The van der Waals surface area contributed by atoms with Crippen LogP contribution in [0.5, 0.6) is 0 Å². The van der Waals surface area contributed by atoms with E-state index in [1.54, 1.807) is 11.5 Å². The summed E-state index contributed by atoms with van der Waals surface area (Å²) in [5.74, 6) is 1.39. The van der Waals surface area contributed by atoms with Crippen LogP contribution in [0.25, 0.3) is 0 Å². The van der Waals surface area contributed by atoms with Crippen LogP contribution in [0.4, 0.5) is 0 Å². The molecule has 112 valence electrons. The van der Waals surface area contributed by atoms with E-state index in [4.69, 9.17) is 11.6 Å². The standard InChI is InChI=1S/C14H17ClN4OS/c1-14(2,12-10(15)7-19-18(12)3-4-21-19)17-13(20)11-8-5-16-6-9(8)11/h3-4,7-9,11,16H,5-6H2,1-2H3/p+1/t8-,9+,11?. The van der Waals surface area contributed by atoms with E-state index >= 15 is 0 Å². The predicted molar refractivity (Wildman–Crippen MR) is 80.4 cm³/mol. The first-order chi connectivity index (χ1) is 9.99. The van der Waals surface area contributed by atoms with Crippen LogP contribution in [-0.4, -0.2) is 22.9 Å². The molecule has 2 aromatic heterocycles. The van der Waals surface area contributed by atoms with Crippen molar-refractivity contribution in [2.75, 3.05) is 13.1 Å². The lowest BCUT2D eigenvalue weighted by molar-refractivity contribution is -0.619. The van der Waals surface area contributed by atoms with Crippen molar-refractivity contribution in [1.82, 2.24) is 14.5 Å². The molecule has 21 heavy (non-hydrogen) atoms. The summed E-state index contributed by atoms with van der Waals surface area (Å²) in [5, 5.41) is 9.18. The highest BCUT2D eigenvalue weighted by Gasteiger charge is 2.57. The van der Waals surface area contributed by atoms with E-state index in [-0.39, 0.29) is 11.8 Å². The van der Waals surface area contributed by atoms with Gasteiger partial charge in [0.15, 0.2) is 0 Å². The summed E-state index contributed by atoms with van der Waals surface area (Å²) in [4.78, 5) is 12.5. The minimum absolute atomic E-state index is 0.155.